The quantitative estimate of drug-likeness (QED) is 0.557. The number of carbonyl (C=O) groups excluding carboxylic acids is 1. The zero-order valence-corrected chi connectivity index (χ0v) is 19.5. The van der Waals surface area contributed by atoms with Gasteiger partial charge in [0.25, 0.3) is 5.91 Å². The molecule has 1 atom stereocenters. The molecule has 5 rings (SSSR count). The third-order valence-electron chi connectivity index (χ3n) is 6.63. The van der Waals surface area contributed by atoms with Gasteiger partial charge in [0.1, 0.15) is 5.75 Å². The molecule has 0 aliphatic carbocycles. The van der Waals surface area contributed by atoms with Gasteiger partial charge in [0.05, 0.1) is 32.1 Å². The molecule has 7 heteroatoms. The average molecular weight is 459 g/mol. The maximum atomic E-state index is 13.7. The van der Waals surface area contributed by atoms with Crippen LogP contribution in [0.25, 0.3) is 11.4 Å². The van der Waals surface area contributed by atoms with Crippen molar-refractivity contribution < 1.29 is 14.3 Å². The molecule has 34 heavy (non-hydrogen) atoms. The molecule has 2 aromatic carbocycles. The molecular formula is C27H30N4O3. The molecule has 2 saturated heterocycles. The van der Waals surface area contributed by atoms with Crippen molar-refractivity contribution in [2.24, 2.45) is 0 Å². The van der Waals surface area contributed by atoms with Crippen molar-refractivity contribution in [1.82, 2.24) is 19.8 Å². The van der Waals surface area contributed by atoms with E-state index in [0.29, 0.717) is 5.82 Å². The van der Waals surface area contributed by atoms with Crippen LogP contribution in [0.4, 0.5) is 0 Å². The van der Waals surface area contributed by atoms with E-state index in [1.807, 2.05) is 53.4 Å². The highest BCUT2D eigenvalue weighted by molar-refractivity contribution is 5.96. The summed E-state index contributed by atoms with van der Waals surface area (Å²) in [5.41, 5.74) is 3.67. The lowest BCUT2D eigenvalue weighted by atomic mass is 10.0. The summed E-state index contributed by atoms with van der Waals surface area (Å²) in [5, 5.41) is 0. The van der Waals surface area contributed by atoms with Crippen molar-refractivity contribution in [3.05, 3.63) is 77.6 Å². The Labute approximate surface area is 200 Å². The normalized spacial score (nSPS) is 18.7. The third kappa shape index (κ3) is 4.81. The highest BCUT2D eigenvalue weighted by Gasteiger charge is 2.33. The first-order chi connectivity index (χ1) is 16.7. The zero-order valence-electron chi connectivity index (χ0n) is 19.5. The molecule has 3 heterocycles. The number of hydrogen-bond acceptors (Lipinski definition) is 6. The number of morpholine rings is 1. The summed E-state index contributed by atoms with van der Waals surface area (Å²) >= 11 is 0. The molecule has 7 nitrogen and oxygen atoms in total. The molecule has 0 saturated carbocycles. The largest absolute Gasteiger partial charge is 0.497 e. The average Bonchev–Trinajstić information content (AvgIpc) is 3.40. The van der Waals surface area contributed by atoms with Crippen molar-refractivity contribution >= 4 is 5.91 Å². The van der Waals surface area contributed by atoms with Crippen LogP contribution in [-0.2, 0) is 11.3 Å². The van der Waals surface area contributed by atoms with Gasteiger partial charge in [0, 0.05) is 43.5 Å². The molecule has 0 bridgehead atoms. The number of nitrogens with zero attached hydrogens (tertiary/aromatic N) is 4. The van der Waals surface area contributed by atoms with Gasteiger partial charge in [-0.15, -0.1) is 0 Å². The number of likely N-dealkylation sites (tertiary alicyclic amines) is 1. The van der Waals surface area contributed by atoms with E-state index in [-0.39, 0.29) is 11.9 Å². The minimum Gasteiger partial charge on any atom is -0.497 e. The van der Waals surface area contributed by atoms with Crippen LogP contribution in [-0.4, -0.2) is 65.6 Å². The molecule has 0 unspecified atom stereocenters. The minimum atomic E-state index is -0.0519. The Kier molecular flexibility index (Phi) is 6.83. The predicted molar refractivity (Wildman–Crippen MR) is 130 cm³/mol. The zero-order chi connectivity index (χ0) is 23.3. The second-order valence-electron chi connectivity index (χ2n) is 8.74. The molecule has 0 radical (unpaired) electrons. The van der Waals surface area contributed by atoms with Gasteiger partial charge in [-0.3, -0.25) is 9.69 Å². The van der Waals surface area contributed by atoms with Crippen LogP contribution in [0.2, 0.25) is 0 Å². The van der Waals surface area contributed by atoms with Crippen LogP contribution in [0.3, 0.4) is 0 Å². The summed E-state index contributed by atoms with van der Waals surface area (Å²) in [5.74, 6) is 1.53. The number of methoxy groups -OCH3 is 1. The van der Waals surface area contributed by atoms with Crippen LogP contribution in [0.1, 0.15) is 40.5 Å². The van der Waals surface area contributed by atoms with Gasteiger partial charge in [-0.05, 0) is 54.8 Å². The summed E-state index contributed by atoms with van der Waals surface area (Å²) in [7, 11) is 1.65. The second kappa shape index (κ2) is 10.3. The van der Waals surface area contributed by atoms with E-state index in [9.17, 15) is 4.79 Å². The van der Waals surface area contributed by atoms with E-state index in [0.717, 1.165) is 80.4 Å². The fourth-order valence-electron chi connectivity index (χ4n) is 4.78. The second-order valence-corrected chi connectivity index (χ2v) is 8.74. The fraction of sp³-hybridized carbons (Fsp3) is 0.370. The van der Waals surface area contributed by atoms with Crippen LogP contribution >= 0.6 is 0 Å². The molecule has 2 fully saturated rings. The van der Waals surface area contributed by atoms with Gasteiger partial charge in [-0.25, -0.2) is 9.97 Å². The van der Waals surface area contributed by atoms with Gasteiger partial charge >= 0.3 is 0 Å². The molecule has 176 valence electrons. The molecule has 1 aromatic heterocycles. The Morgan fingerprint density at radius 1 is 1.06 bits per heavy atom. The summed E-state index contributed by atoms with van der Waals surface area (Å²) in [6.45, 7) is 4.77. The molecule has 1 amide bonds. The molecule has 3 aromatic rings. The first-order valence-corrected chi connectivity index (χ1v) is 11.9. The van der Waals surface area contributed by atoms with E-state index in [2.05, 4.69) is 16.0 Å². The number of rotatable bonds is 6. The molecular weight excluding hydrogens is 428 g/mol. The van der Waals surface area contributed by atoms with Crippen LogP contribution in [0.5, 0.6) is 5.75 Å². The predicted octanol–water partition coefficient (Wildman–Crippen LogP) is 3.96. The number of benzene rings is 2. The number of hydrogen-bond donors (Lipinski definition) is 0. The van der Waals surface area contributed by atoms with Gasteiger partial charge in [0.15, 0.2) is 5.82 Å². The summed E-state index contributed by atoms with van der Waals surface area (Å²) in [6.07, 6.45) is 3.65. The SMILES string of the molecule is COc1ccc(-c2nccc([C@@H]3CCCN3C(=O)c3ccccc3CN3CCOCC3)n2)cc1. The van der Waals surface area contributed by atoms with Crippen molar-refractivity contribution in [3.8, 4) is 17.1 Å². The Hall–Kier alpha value is -3.29. The summed E-state index contributed by atoms with van der Waals surface area (Å²) in [6, 6.07) is 17.6. The Morgan fingerprint density at radius 2 is 1.85 bits per heavy atom. The van der Waals surface area contributed by atoms with Crippen molar-refractivity contribution in [3.63, 3.8) is 0 Å². The Morgan fingerprint density at radius 3 is 2.65 bits per heavy atom. The summed E-state index contributed by atoms with van der Waals surface area (Å²) < 4.78 is 10.7. The minimum absolute atomic E-state index is 0.0519. The number of ether oxygens (including phenoxy) is 2. The maximum absolute atomic E-state index is 13.7. The maximum Gasteiger partial charge on any atom is 0.254 e. The topological polar surface area (TPSA) is 67.8 Å². The smallest absolute Gasteiger partial charge is 0.254 e. The molecule has 0 N–H and O–H groups in total. The molecule has 2 aliphatic rings. The van der Waals surface area contributed by atoms with E-state index in [1.165, 1.54) is 0 Å². The van der Waals surface area contributed by atoms with Crippen LogP contribution < -0.4 is 4.74 Å². The van der Waals surface area contributed by atoms with Crippen molar-refractivity contribution in [1.29, 1.82) is 0 Å². The summed E-state index contributed by atoms with van der Waals surface area (Å²) in [4.78, 5) is 27.4. The monoisotopic (exact) mass is 458 g/mol. The number of amides is 1. The first-order valence-electron chi connectivity index (χ1n) is 11.9. The Bertz CT molecular complexity index is 1130. The molecule has 0 spiro atoms. The first kappa shape index (κ1) is 22.5. The van der Waals surface area contributed by atoms with E-state index >= 15 is 0 Å². The van der Waals surface area contributed by atoms with Gasteiger partial charge in [-0.1, -0.05) is 18.2 Å². The lowest BCUT2D eigenvalue weighted by Gasteiger charge is -2.29. The van der Waals surface area contributed by atoms with Crippen LogP contribution in [0.15, 0.2) is 60.8 Å². The van der Waals surface area contributed by atoms with Gasteiger partial charge in [-0.2, -0.15) is 0 Å². The fourth-order valence-corrected chi connectivity index (χ4v) is 4.78. The van der Waals surface area contributed by atoms with Crippen molar-refractivity contribution in [2.75, 3.05) is 40.0 Å². The Balaban J connectivity index is 1.38. The lowest BCUT2D eigenvalue weighted by Crippen LogP contribution is -2.37. The van der Waals surface area contributed by atoms with Crippen LogP contribution in [0, 0.1) is 0 Å². The molecule has 2 aliphatic heterocycles. The third-order valence-corrected chi connectivity index (χ3v) is 6.63. The number of aromatic nitrogens is 2. The van der Waals surface area contributed by atoms with Crippen molar-refractivity contribution in [2.45, 2.75) is 25.4 Å². The van der Waals surface area contributed by atoms with Gasteiger partial charge < -0.3 is 14.4 Å². The lowest BCUT2D eigenvalue weighted by molar-refractivity contribution is 0.0339. The standard InChI is InChI=1S/C27H30N4O3/c1-33-22-10-8-20(9-11-22)26-28-13-12-24(29-26)25-7-4-14-31(25)27(32)23-6-3-2-5-21(23)19-30-15-17-34-18-16-30/h2-3,5-6,8-13,25H,4,7,14-19H2,1H3/t25-/m0/s1. The highest BCUT2D eigenvalue weighted by atomic mass is 16.5. The number of carbonyl (C=O) groups is 1. The van der Waals surface area contributed by atoms with E-state index < -0.39 is 0 Å². The van der Waals surface area contributed by atoms with E-state index in [1.54, 1.807) is 13.3 Å². The highest BCUT2D eigenvalue weighted by Crippen LogP contribution is 2.33. The van der Waals surface area contributed by atoms with E-state index in [4.69, 9.17) is 14.5 Å². The van der Waals surface area contributed by atoms with Gasteiger partial charge in [0.2, 0.25) is 0 Å².